The standard InChI is InChI=1S/C11H14N4OS/c1-15(12)11-13-9(16)8-6-4-2-3-5-7(6)17-10(8)14-11/h2-5,12H2,1H3,(H,13,14,16). The van der Waals surface area contributed by atoms with Crippen LogP contribution in [-0.4, -0.2) is 17.0 Å². The molecule has 1 aliphatic carbocycles. The van der Waals surface area contributed by atoms with Crippen LogP contribution in [0.25, 0.3) is 10.2 Å². The van der Waals surface area contributed by atoms with Gasteiger partial charge in [0.1, 0.15) is 4.83 Å². The summed E-state index contributed by atoms with van der Waals surface area (Å²) in [6.45, 7) is 0. The van der Waals surface area contributed by atoms with Crippen LogP contribution in [0.15, 0.2) is 4.79 Å². The fourth-order valence-electron chi connectivity index (χ4n) is 2.32. The number of nitrogens with two attached hydrogens (primary N) is 1. The van der Waals surface area contributed by atoms with E-state index in [1.165, 1.54) is 21.9 Å². The first-order valence-corrected chi connectivity index (χ1v) is 6.51. The first-order valence-electron chi connectivity index (χ1n) is 5.70. The zero-order valence-electron chi connectivity index (χ0n) is 9.62. The Hall–Kier alpha value is -1.40. The maximum Gasteiger partial charge on any atom is 0.261 e. The van der Waals surface area contributed by atoms with Gasteiger partial charge in [0.15, 0.2) is 0 Å². The quantitative estimate of drug-likeness (QED) is 0.588. The van der Waals surface area contributed by atoms with Gasteiger partial charge in [-0.2, -0.15) is 0 Å². The molecule has 17 heavy (non-hydrogen) atoms. The van der Waals surface area contributed by atoms with E-state index in [0.29, 0.717) is 5.95 Å². The van der Waals surface area contributed by atoms with Gasteiger partial charge in [0.25, 0.3) is 5.56 Å². The molecule has 2 aromatic heterocycles. The Labute approximate surface area is 102 Å². The average molecular weight is 250 g/mol. The van der Waals surface area contributed by atoms with Gasteiger partial charge in [0.05, 0.1) is 5.39 Å². The number of hydrazine groups is 1. The number of hydrogen-bond donors (Lipinski definition) is 2. The Morgan fingerprint density at radius 1 is 1.41 bits per heavy atom. The molecular formula is C11H14N4OS. The third kappa shape index (κ3) is 1.64. The van der Waals surface area contributed by atoms with Crippen molar-refractivity contribution in [3.8, 4) is 0 Å². The van der Waals surface area contributed by atoms with E-state index in [2.05, 4.69) is 9.97 Å². The van der Waals surface area contributed by atoms with Crippen LogP contribution in [0.3, 0.4) is 0 Å². The molecule has 0 radical (unpaired) electrons. The molecule has 0 fully saturated rings. The predicted octanol–water partition coefficient (Wildman–Crippen LogP) is 1.17. The van der Waals surface area contributed by atoms with Gasteiger partial charge in [-0.1, -0.05) is 0 Å². The summed E-state index contributed by atoms with van der Waals surface area (Å²) in [5, 5.41) is 2.11. The fourth-order valence-corrected chi connectivity index (χ4v) is 3.58. The molecule has 0 unspecified atom stereocenters. The van der Waals surface area contributed by atoms with Gasteiger partial charge in [0, 0.05) is 11.9 Å². The van der Waals surface area contributed by atoms with E-state index < -0.39 is 0 Å². The highest BCUT2D eigenvalue weighted by Crippen LogP contribution is 2.33. The molecule has 0 atom stereocenters. The number of aromatic amines is 1. The number of hydrogen-bond acceptors (Lipinski definition) is 5. The number of fused-ring (bicyclic) bond motifs is 3. The van der Waals surface area contributed by atoms with Crippen molar-refractivity contribution in [2.45, 2.75) is 25.7 Å². The lowest BCUT2D eigenvalue weighted by Gasteiger charge is -2.10. The van der Waals surface area contributed by atoms with Crippen LogP contribution in [0.4, 0.5) is 5.95 Å². The monoisotopic (exact) mass is 250 g/mol. The molecule has 0 saturated heterocycles. The van der Waals surface area contributed by atoms with Gasteiger partial charge in [0.2, 0.25) is 5.95 Å². The van der Waals surface area contributed by atoms with Crippen LogP contribution in [0.1, 0.15) is 23.3 Å². The van der Waals surface area contributed by atoms with Crippen LogP contribution in [0, 0.1) is 0 Å². The van der Waals surface area contributed by atoms with Crippen molar-refractivity contribution < 1.29 is 0 Å². The highest BCUT2D eigenvalue weighted by atomic mass is 32.1. The van der Waals surface area contributed by atoms with Crippen LogP contribution >= 0.6 is 11.3 Å². The van der Waals surface area contributed by atoms with Crippen LogP contribution in [0.5, 0.6) is 0 Å². The Morgan fingerprint density at radius 3 is 2.94 bits per heavy atom. The Morgan fingerprint density at radius 2 is 2.18 bits per heavy atom. The van der Waals surface area contributed by atoms with Crippen molar-refractivity contribution in [1.82, 2.24) is 9.97 Å². The molecule has 5 nitrogen and oxygen atoms in total. The maximum atomic E-state index is 12.1. The molecule has 2 heterocycles. The molecule has 6 heteroatoms. The van der Waals surface area contributed by atoms with Crippen molar-refractivity contribution in [3.63, 3.8) is 0 Å². The topological polar surface area (TPSA) is 75.0 Å². The molecule has 0 spiro atoms. The lowest BCUT2D eigenvalue weighted by atomic mass is 9.97. The zero-order chi connectivity index (χ0) is 12.0. The number of nitrogens with zero attached hydrogens (tertiary/aromatic N) is 2. The van der Waals surface area contributed by atoms with E-state index in [1.54, 1.807) is 18.4 Å². The summed E-state index contributed by atoms with van der Waals surface area (Å²) in [5.41, 5.74) is 1.14. The fraction of sp³-hybridized carbons (Fsp3) is 0.455. The van der Waals surface area contributed by atoms with E-state index >= 15 is 0 Å². The van der Waals surface area contributed by atoms with Crippen LogP contribution in [-0.2, 0) is 12.8 Å². The van der Waals surface area contributed by atoms with E-state index in [1.807, 2.05) is 0 Å². The number of rotatable bonds is 1. The number of nitrogens with one attached hydrogen (secondary N) is 1. The van der Waals surface area contributed by atoms with Crippen LogP contribution in [0.2, 0.25) is 0 Å². The van der Waals surface area contributed by atoms with E-state index in [-0.39, 0.29) is 5.56 Å². The van der Waals surface area contributed by atoms with Gasteiger partial charge in [-0.3, -0.25) is 14.8 Å². The smallest absolute Gasteiger partial charge is 0.261 e. The molecule has 3 rings (SSSR count). The second-order valence-electron chi connectivity index (χ2n) is 4.39. The Kier molecular flexibility index (Phi) is 2.41. The molecule has 90 valence electrons. The molecule has 0 saturated carbocycles. The number of thiophene rings is 1. The average Bonchev–Trinajstić information content (AvgIpc) is 2.67. The summed E-state index contributed by atoms with van der Waals surface area (Å²) >= 11 is 1.63. The second-order valence-corrected chi connectivity index (χ2v) is 5.48. The maximum absolute atomic E-state index is 12.1. The van der Waals surface area contributed by atoms with E-state index in [4.69, 9.17) is 5.84 Å². The molecule has 0 aliphatic heterocycles. The summed E-state index contributed by atoms with van der Waals surface area (Å²) in [6, 6.07) is 0. The van der Waals surface area contributed by atoms with E-state index in [0.717, 1.165) is 29.5 Å². The summed E-state index contributed by atoms with van der Waals surface area (Å²) in [6.07, 6.45) is 4.44. The SMILES string of the molecule is CN(N)c1nc2sc3c(c2c(=O)[nH]1)CCCC3. The largest absolute Gasteiger partial charge is 0.291 e. The molecular weight excluding hydrogens is 236 g/mol. The number of aromatic nitrogens is 2. The minimum Gasteiger partial charge on any atom is -0.291 e. The third-order valence-corrected chi connectivity index (χ3v) is 4.33. The van der Waals surface area contributed by atoms with E-state index in [9.17, 15) is 4.79 Å². The Bertz CT molecular complexity index is 628. The molecule has 2 aromatic rings. The first kappa shape index (κ1) is 10.7. The number of anilines is 1. The predicted molar refractivity (Wildman–Crippen MR) is 69.5 cm³/mol. The summed E-state index contributed by atoms with van der Waals surface area (Å²) < 4.78 is 0. The lowest BCUT2D eigenvalue weighted by molar-refractivity contribution is 0.700. The second kappa shape index (κ2) is 3.82. The lowest BCUT2D eigenvalue weighted by Crippen LogP contribution is -2.29. The third-order valence-electron chi connectivity index (χ3n) is 3.15. The van der Waals surface area contributed by atoms with Crippen molar-refractivity contribution in [1.29, 1.82) is 0 Å². The molecule has 0 aromatic carbocycles. The zero-order valence-corrected chi connectivity index (χ0v) is 10.4. The normalized spacial score (nSPS) is 14.9. The van der Waals surface area contributed by atoms with Gasteiger partial charge in [-0.25, -0.2) is 10.8 Å². The Balaban J connectivity index is 2.31. The van der Waals surface area contributed by atoms with Crippen molar-refractivity contribution in [2.24, 2.45) is 5.84 Å². The number of H-pyrrole nitrogens is 1. The van der Waals surface area contributed by atoms with Gasteiger partial charge < -0.3 is 0 Å². The van der Waals surface area contributed by atoms with Gasteiger partial charge in [-0.05, 0) is 31.2 Å². The molecule has 1 aliphatic rings. The van der Waals surface area contributed by atoms with Gasteiger partial charge >= 0.3 is 0 Å². The van der Waals surface area contributed by atoms with Gasteiger partial charge in [-0.15, -0.1) is 11.3 Å². The summed E-state index contributed by atoms with van der Waals surface area (Å²) in [5.74, 6) is 6.02. The molecule has 0 amide bonds. The molecule has 0 bridgehead atoms. The molecule has 3 N–H and O–H groups in total. The first-order chi connectivity index (χ1) is 8.16. The minimum atomic E-state index is -0.0679. The minimum absolute atomic E-state index is 0.0679. The number of aryl methyl sites for hydroxylation is 2. The summed E-state index contributed by atoms with van der Waals surface area (Å²) in [7, 11) is 1.66. The van der Waals surface area contributed by atoms with Crippen molar-refractivity contribution in [2.75, 3.05) is 12.1 Å². The van der Waals surface area contributed by atoms with Crippen molar-refractivity contribution in [3.05, 3.63) is 20.8 Å². The highest BCUT2D eigenvalue weighted by molar-refractivity contribution is 7.18. The van der Waals surface area contributed by atoms with Crippen LogP contribution < -0.4 is 16.4 Å². The van der Waals surface area contributed by atoms with Crippen molar-refractivity contribution >= 4 is 27.5 Å². The summed E-state index contributed by atoms with van der Waals surface area (Å²) in [4.78, 5) is 21.3. The highest BCUT2D eigenvalue weighted by Gasteiger charge is 2.19.